The van der Waals surface area contributed by atoms with Gasteiger partial charge in [0, 0.05) is 24.2 Å². The number of nitrogens with zero attached hydrogens (tertiary/aromatic N) is 5. The first-order valence-electron chi connectivity index (χ1n) is 6.63. The molecule has 0 spiro atoms. The minimum absolute atomic E-state index is 0.115. The maximum Gasteiger partial charge on any atom is 0.352 e. The Morgan fingerprint density at radius 2 is 1.82 bits per heavy atom. The first-order valence-corrected chi connectivity index (χ1v) is 7.01. The molecule has 0 bridgehead atoms. The highest BCUT2D eigenvalue weighted by Crippen LogP contribution is 2.20. The third kappa shape index (κ3) is 2.29. The second-order valence-electron chi connectivity index (χ2n) is 4.69. The average molecular weight is 318 g/mol. The summed E-state index contributed by atoms with van der Waals surface area (Å²) in [7, 11) is 1.37. The normalized spacial score (nSPS) is 11.0. The van der Waals surface area contributed by atoms with E-state index in [0.29, 0.717) is 17.4 Å². The van der Waals surface area contributed by atoms with Crippen LogP contribution in [0.5, 0.6) is 0 Å². The molecule has 0 N–H and O–H groups in total. The van der Waals surface area contributed by atoms with Gasteiger partial charge in [-0.25, -0.2) is 14.5 Å². The van der Waals surface area contributed by atoms with Gasteiger partial charge >= 0.3 is 5.69 Å². The maximum absolute atomic E-state index is 12.3. The average Bonchev–Trinajstić information content (AvgIpc) is 2.53. The van der Waals surface area contributed by atoms with E-state index in [1.54, 1.807) is 24.3 Å². The molecular formula is C14H12ClN5O2. The molecule has 2 aliphatic heterocycles. The predicted octanol–water partition coefficient (Wildman–Crippen LogP) is 1.18. The predicted molar refractivity (Wildman–Crippen MR) is 82.1 cm³/mol. The first kappa shape index (κ1) is 14.4. The molecule has 7 nitrogen and oxygen atoms in total. The van der Waals surface area contributed by atoms with Gasteiger partial charge in [-0.2, -0.15) is 10.1 Å². The van der Waals surface area contributed by atoms with Crippen LogP contribution < -0.4 is 11.2 Å². The van der Waals surface area contributed by atoms with Crippen LogP contribution in [-0.2, 0) is 13.6 Å². The SMILES string of the molecule is CCn1nc(-c2ccc(Cl)cc2)nc2c(=O)n(C)c(=O)nc1-2. The Morgan fingerprint density at radius 1 is 1.14 bits per heavy atom. The first-order chi connectivity index (χ1) is 10.5. The van der Waals surface area contributed by atoms with Gasteiger partial charge in [-0.3, -0.25) is 9.36 Å². The van der Waals surface area contributed by atoms with Crippen LogP contribution in [0, 0.1) is 0 Å². The molecule has 112 valence electrons. The fraction of sp³-hybridized carbons (Fsp3) is 0.214. The molecule has 0 amide bonds. The zero-order valence-corrected chi connectivity index (χ0v) is 12.7. The summed E-state index contributed by atoms with van der Waals surface area (Å²) in [5.41, 5.74) is -0.275. The van der Waals surface area contributed by atoms with Gasteiger partial charge in [-0.05, 0) is 31.2 Å². The van der Waals surface area contributed by atoms with E-state index in [1.165, 1.54) is 11.7 Å². The molecule has 8 heteroatoms. The van der Waals surface area contributed by atoms with Crippen molar-refractivity contribution in [2.75, 3.05) is 0 Å². The summed E-state index contributed by atoms with van der Waals surface area (Å²) in [6.07, 6.45) is 0. The Morgan fingerprint density at radius 3 is 2.45 bits per heavy atom. The lowest BCUT2D eigenvalue weighted by atomic mass is 10.2. The van der Waals surface area contributed by atoms with E-state index in [-0.39, 0.29) is 11.5 Å². The lowest BCUT2D eigenvalue weighted by molar-refractivity contribution is 0.612. The molecule has 0 aliphatic carbocycles. The van der Waals surface area contributed by atoms with E-state index in [4.69, 9.17) is 11.6 Å². The van der Waals surface area contributed by atoms with Gasteiger partial charge in [0.05, 0.1) is 0 Å². The van der Waals surface area contributed by atoms with Crippen LogP contribution in [0.15, 0.2) is 33.9 Å². The summed E-state index contributed by atoms with van der Waals surface area (Å²) < 4.78 is 2.43. The fourth-order valence-corrected chi connectivity index (χ4v) is 2.20. The lowest BCUT2D eigenvalue weighted by Gasteiger charge is -2.13. The number of aromatic nitrogens is 5. The molecule has 3 rings (SSSR count). The third-order valence-electron chi connectivity index (χ3n) is 3.29. The zero-order valence-electron chi connectivity index (χ0n) is 11.9. The van der Waals surface area contributed by atoms with Crippen LogP contribution >= 0.6 is 11.6 Å². The summed E-state index contributed by atoms with van der Waals surface area (Å²) in [6, 6.07) is 6.97. The van der Waals surface area contributed by atoms with Gasteiger partial charge in [0.15, 0.2) is 17.3 Å². The molecule has 0 unspecified atom stereocenters. The van der Waals surface area contributed by atoms with Gasteiger partial charge in [0.2, 0.25) is 0 Å². The maximum atomic E-state index is 12.3. The van der Waals surface area contributed by atoms with Crippen LogP contribution in [0.4, 0.5) is 0 Å². The van der Waals surface area contributed by atoms with E-state index >= 15 is 0 Å². The van der Waals surface area contributed by atoms with E-state index in [9.17, 15) is 9.59 Å². The topological polar surface area (TPSA) is 82.7 Å². The van der Waals surface area contributed by atoms with E-state index < -0.39 is 11.2 Å². The minimum Gasteiger partial charge on any atom is -0.267 e. The number of hydrogen-bond acceptors (Lipinski definition) is 5. The van der Waals surface area contributed by atoms with Gasteiger partial charge < -0.3 is 0 Å². The van der Waals surface area contributed by atoms with Crippen molar-refractivity contribution in [2.24, 2.45) is 7.05 Å². The standard InChI is InChI=1S/C14H12ClN5O2/c1-3-20-12-10(13(21)19(2)14(22)17-12)16-11(18-20)8-4-6-9(15)7-5-8/h4-7H,3H2,1-2H3. The molecular weight excluding hydrogens is 306 g/mol. The number of halogens is 1. The summed E-state index contributed by atoms with van der Waals surface area (Å²) in [4.78, 5) is 32.1. The minimum atomic E-state index is -0.623. The van der Waals surface area contributed by atoms with Crippen molar-refractivity contribution in [3.8, 4) is 22.9 Å². The second-order valence-corrected chi connectivity index (χ2v) is 5.13. The molecule has 0 radical (unpaired) electrons. The molecule has 0 aromatic heterocycles. The molecule has 0 saturated carbocycles. The van der Waals surface area contributed by atoms with Gasteiger partial charge in [0.25, 0.3) is 5.56 Å². The van der Waals surface area contributed by atoms with Crippen molar-refractivity contribution in [3.63, 3.8) is 0 Å². The van der Waals surface area contributed by atoms with Gasteiger partial charge in [0.1, 0.15) is 0 Å². The molecule has 0 saturated heterocycles. The molecule has 1 aromatic rings. The molecule has 2 heterocycles. The molecule has 0 fully saturated rings. The van der Waals surface area contributed by atoms with E-state index in [2.05, 4.69) is 15.1 Å². The monoisotopic (exact) mass is 317 g/mol. The Labute approximate surface area is 130 Å². The quantitative estimate of drug-likeness (QED) is 0.708. The van der Waals surface area contributed by atoms with Gasteiger partial charge in [-0.15, -0.1) is 0 Å². The van der Waals surface area contributed by atoms with Crippen LogP contribution in [0.25, 0.3) is 22.9 Å². The summed E-state index contributed by atoms with van der Waals surface area (Å²) in [5.74, 6) is 0.567. The van der Waals surface area contributed by atoms with Crippen molar-refractivity contribution in [1.82, 2.24) is 24.3 Å². The van der Waals surface area contributed by atoms with Crippen LogP contribution in [0.1, 0.15) is 6.92 Å². The molecule has 2 aliphatic rings. The second kappa shape index (κ2) is 5.34. The largest absolute Gasteiger partial charge is 0.352 e. The number of aryl methyl sites for hydroxylation is 1. The Hall–Kier alpha value is -2.54. The molecule has 0 atom stereocenters. The van der Waals surface area contributed by atoms with Crippen molar-refractivity contribution in [3.05, 3.63) is 50.1 Å². The Balaban J connectivity index is 2.35. The highest BCUT2D eigenvalue weighted by Gasteiger charge is 2.20. The highest BCUT2D eigenvalue weighted by atomic mass is 35.5. The summed E-state index contributed by atoms with van der Waals surface area (Å²) >= 11 is 5.87. The third-order valence-corrected chi connectivity index (χ3v) is 3.54. The zero-order chi connectivity index (χ0) is 15.9. The van der Waals surface area contributed by atoms with Crippen molar-refractivity contribution in [1.29, 1.82) is 0 Å². The number of hydrogen-bond donors (Lipinski definition) is 0. The van der Waals surface area contributed by atoms with Crippen molar-refractivity contribution < 1.29 is 0 Å². The molecule has 1 aromatic carbocycles. The van der Waals surface area contributed by atoms with Crippen molar-refractivity contribution in [2.45, 2.75) is 13.5 Å². The number of fused-ring (bicyclic) bond motifs is 1. The molecule has 22 heavy (non-hydrogen) atoms. The lowest BCUT2D eigenvalue weighted by Crippen LogP contribution is -2.37. The van der Waals surface area contributed by atoms with Crippen LogP contribution in [-0.4, -0.2) is 24.3 Å². The highest BCUT2D eigenvalue weighted by molar-refractivity contribution is 6.30. The van der Waals surface area contributed by atoms with E-state index in [1.807, 2.05) is 6.92 Å². The van der Waals surface area contributed by atoms with Gasteiger partial charge in [-0.1, -0.05) is 11.6 Å². The number of benzene rings is 1. The Bertz CT molecular complexity index is 930. The summed E-state index contributed by atoms with van der Waals surface area (Å²) in [5, 5.41) is 4.94. The fourth-order valence-electron chi connectivity index (χ4n) is 2.07. The summed E-state index contributed by atoms with van der Waals surface area (Å²) in [6.45, 7) is 2.31. The van der Waals surface area contributed by atoms with Crippen molar-refractivity contribution >= 4 is 11.6 Å². The smallest absolute Gasteiger partial charge is 0.267 e. The Kier molecular flexibility index (Phi) is 3.50. The van der Waals surface area contributed by atoms with E-state index in [0.717, 1.165) is 10.1 Å². The van der Waals surface area contributed by atoms with Crippen LogP contribution in [0.2, 0.25) is 5.02 Å². The number of rotatable bonds is 2. The van der Waals surface area contributed by atoms with Crippen LogP contribution in [0.3, 0.4) is 0 Å².